The van der Waals surface area contributed by atoms with Crippen LogP contribution in [0.1, 0.15) is 11.6 Å². The van der Waals surface area contributed by atoms with Crippen molar-refractivity contribution >= 4 is 29.5 Å². The number of anilines is 2. The van der Waals surface area contributed by atoms with Crippen LogP contribution in [0, 0.1) is 0 Å². The molecule has 2 heterocycles. The smallest absolute Gasteiger partial charge is 0.164 e. The fraction of sp³-hybridized carbons (Fsp3) is 0.133. The fourth-order valence-electron chi connectivity index (χ4n) is 2.45. The predicted octanol–water partition coefficient (Wildman–Crippen LogP) is 3.44. The Hall–Kier alpha value is -1.94. The molecule has 93 valence electrons. The summed E-state index contributed by atoms with van der Waals surface area (Å²) in [4.78, 5) is 6.89. The van der Waals surface area contributed by atoms with E-state index in [4.69, 9.17) is 0 Å². The number of hydrogen-bond acceptors (Lipinski definition) is 4. The van der Waals surface area contributed by atoms with Crippen LogP contribution in [-0.4, -0.2) is 12.9 Å². The molecule has 3 nitrogen and oxygen atoms in total. The van der Waals surface area contributed by atoms with Crippen LogP contribution in [0.3, 0.4) is 0 Å². The van der Waals surface area contributed by atoms with E-state index in [1.54, 1.807) is 0 Å². The van der Waals surface area contributed by atoms with Gasteiger partial charge in [-0.05, 0) is 18.2 Å². The maximum atomic E-state index is 4.36. The number of aliphatic imine (C=N–C) groups is 1. The van der Waals surface area contributed by atoms with Gasteiger partial charge in [0.2, 0.25) is 0 Å². The normalized spacial score (nSPS) is 19.3. The minimum absolute atomic E-state index is 0.160. The molecular weight excluding hydrogens is 254 g/mol. The van der Waals surface area contributed by atoms with Crippen LogP contribution < -0.4 is 10.6 Å². The molecule has 2 N–H and O–H groups in total. The van der Waals surface area contributed by atoms with E-state index in [-0.39, 0.29) is 6.04 Å². The molecule has 0 spiro atoms. The van der Waals surface area contributed by atoms with Crippen LogP contribution >= 0.6 is 11.8 Å². The average Bonchev–Trinajstić information content (AvgIpc) is 2.98. The summed E-state index contributed by atoms with van der Waals surface area (Å²) in [5.74, 6) is 0. The van der Waals surface area contributed by atoms with Crippen molar-refractivity contribution in [1.82, 2.24) is 5.32 Å². The molecule has 19 heavy (non-hydrogen) atoms. The zero-order chi connectivity index (χ0) is 12.7. The number of benzene rings is 2. The van der Waals surface area contributed by atoms with E-state index in [1.807, 2.05) is 11.8 Å². The third kappa shape index (κ3) is 1.79. The minimum atomic E-state index is 0.160. The van der Waals surface area contributed by atoms with Gasteiger partial charge in [-0.1, -0.05) is 36.0 Å². The van der Waals surface area contributed by atoms with E-state index in [1.165, 1.54) is 26.7 Å². The second-order valence-corrected chi connectivity index (χ2v) is 5.66. The Kier molecular flexibility index (Phi) is 2.48. The van der Waals surface area contributed by atoms with Crippen LogP contribution in [0.4, 0.5) is 11.4 Å². The summed E-state index contributed by atoms with van der Waals surface area (Å²) >= 11 is 1.81. The van der Waals surface area contributed by atoms with Gasteiger partial charge in [0.15, 0.2) is 6.34 Å². The van der Waals surface area contributed by atoms with Crippen molar-refractivity contribution in [3.05, 3.63) is 48.0 Å². The quantitative estimate of drug-likeness (QED) is 0.708. The SMILES string of the molecule is [C]1=NC(c2cccc3c2Nc2ccccc2S3)CN1. The fourth-order valence-corrected chi connectivity index (χ4v) is 3.48. The average molecular weight is 266 g/mol. The molecule has 1 atom stereocenters. The third-order valence-corrected chi connectivity index (χ3v) is 4.51. The molecule has 1 unspecified atom stereocenters. The molecule has 2 aromatic rings. The van der Waals surface area contributed by atoms with Crippen molar-refractivity contribution < 1.29 is 0 Å². The zero-order valence-corrected chi connectivity index (χ0v) is 11.0. The molecule has 0 amide bonds. The molecule has 0 aliphatic carbocycles. The highest BCUT2D eigenvalue weighted by Gasteiger charge is 2.23. The van der Waals surface area contributed by atoms with Gasteiger partial charge in [0, 0.05) is 21.9 Å². The van der Waals surface area contributed by atoms with E-state index in [0.29, 0.717) is 0 Å². The van der Waals surface area contributed by atoms with Crippen molar-refractivity contribution in [2.45, 2.75) is 15.8 Å². The molecule has 1 radical (unpaired) electrons. The van der Waals surface area contributed by atoms with Crippen LogP contribution in [-0.2, 0) is 0 Å². The van der Waals surface area contributed by atoms with Gasteiger partial charge in [-0.15, -0.1) is 0 Å². The van der Waals surface area contributed by atoms with Crippen LogP contribution in [0.15, 0.2) is 57.2 Å². The number of fused-ring (bicyclic) bond motifs is 2. The van der Waals surface area contributed by atoms with Crippen LogP contribution in [0.5, 0.6) is 0 Å². The third-order valence-electron chi connectivity index (χ3n) is 3.38. The van der Waals surface area contributed by atoms with Gasteiger partial charge in [0.05, 0.1) is 17.4 Å². The van der Waals surface area contributed by atoms with Gasteiger partial charge in [0.1, 0.15) is 0 Å². The second-order valence-electron chi connectivity index (χ2n) is 4.58. The summed E-state index contributed by atoms with van der Waals surface area (Å²) in [6, 6.07) is 14.9. The van der Waals surface area contributed by atoms with E-state index >= 15 is 0 Å². The highest BCUT2D eigenvalue weighted by atomic mass is 32.2. The van der Waals surface area contributed by atoms with Crippen LogP contribution in [0.2, 0.25) is 0 Å². The highest BCUT2D eigenvalue weighted by Crippen LogP contribution is 2.46. The van der Waals surface area contributed by atoms with Crippen molar-refractivity contribution in [2.75, 3.05) is 11.9 Å². The Labute approximate surface area is 116 Å². The Bertz CT molecular complexity index is 666. The Morgan fingerprint density at radius 1 is 1.11 bits per heavy atom. The van der Waals surface area contributed by atoms with Gasteiger partial charge >= 0.3 is 0 Å². The number of rotatable bonds is 1. The zero-order valence-electron chi connectivity index (χ0n) is 10.2. The van der Waals surface area contributed by atoms with Gasteiger partial charge in [-0.25, -0.2) is 0 Å². The number of para-hydroxylation sites is 2. The van der Waals surface area contributed by atoms with Crippen molar-refractivity contribution in [3.8, 4) is 0 Å². The summed E-state index contributed by atoms with van der Waals surface area (Å²) in [7, 11) is 0. The first kappa shape index (κ1) is 10.9. The first-order valence-electron chi connectivity index (χ1n) is 6.26. The summed E-state index contributed by atoms with van der Waals surface area (Å²) in [5, 5.41) is 6.60. The monoisotopic (exact) mass is 266 g/mol. The Morgan fingerprint density at radius 3 is 2.89 bits per heavy atom. The molecular formula is C15H12N3S. The Morgan fingerprint density at radius 2 is 2.00 bits per heavy atom. The van der Waals surface area contributed by atoms with E-state index in [9.17, 15) is 0 Å². The number of hydrogen-bond donors (Lipinski definition) is 2. The van der Waals surface area contributed by atoms with Gasteiger partial charge in [-0.2, -0.15) is 0 Å². The van der Waals surface area contributed by atoms with Gasteiger partial charge < -0.3 is 10.6 Å². The lowest BCUT2D eigenvalue weighted by atomic mass is 10.0. The number of nitrogens with zero attached hydrogens (tertiary/aromatic N) is 1. The molecule has 2 aliphatic heterocycles. The molecule has 2 aliphatic rings. The summed E-state index contributed by atoms with van der Waals surface area (Å²) < 4.78 is 0. The van der Waals surface area contributed by atoms with Crippen molar-refractivity contribution in [3.63, 3.8) is 0 Å². The van der Waals surface area contributed by atoms with Crippen molar-refractivity contribution in [2.24, 2.45) is 4.99 Å². The number of nitrogens with one attached hydrogen (secondary N) is 2. The molecule has 2 aromatic carbocycles. The first-order valence-corrected chi connectivity index (χ1v) is 7.08. The highest BCUT2D eigenvalue weighted by molar-refractivity contribution is 7.99. The largest absolute Gasteiger partial charge is 0.365 e. The molecule has 0 saturated carbocycles. The standard InChI is InChI=1S/C15H12N3S/c1-2-6-13-11(5-1)18-15-10(12-8-16-9-17-12)4-3-7-14(15)19-13/h1-7,12,18H,8H2,(H,16,17). The molecule has 4 heteroatoms. The maximum absolute atomic E-state index is 4.36. The van der Waals surface area contributed by atoms with Crippen molar-refractivity contribution in [1.29, 1.82) is 0 Å². The topological polar surface area (TPSA) is 36.4 Å². The molecule has 4 rings (SSSR count). The Balaban J connectivity index is 1.81. The summed E-state index contributed by atoms with van der Waals surface area (Å²) in [5.41, 5.74) is 3.59. The van der Waals surface area contributed by atoms with E-state index in [0.717, 1.165) is 6.54 Å². The van der Waals surface area contributed by atoms with Crippen LogP contribution in [0.25, 0.3) is 0 Å². The van der Waals surface area contributed by atoms with Gasteiger partial charge in [-0.3, -0.25) is 4.99 Å². The van der Waals surface area contributed by atoms with Gasteiger partial charge in [0.25, 0.3) is 0 Å². The predicted molar refractivity (Wildman–Crippen MR) is 78.5 cm³/mol. The molecule has 0 aromatic heterocycles. The second kappa shape index (κ2) is 4.31. The minimum Gasteiger partial charge on any atom is -0.365 e. The summed E-state index contributed by atoms with van der Waals surface area (Å²) in [6.07, 6.45) is 2.84. The maximum Gasteiger partial charge on any atom is 0.164 e. The molecule has 0 bridgehead atoms. The lowest BCUT2D eigenvalue weighted by Gasteiger charge is -2.24. The molecule has 0 fully saturated rings. The molecule has 0 saturated heterocycles. The first-order chi connectivity index (χ1) is 9.42. The lowest BCUT2D eigenvalue weighted by Crippen LogP contribution is -2.12. The van der Waals surface area contributed by atoms with E-state index in [2.05, 4.69) is 64.4 Å². The lowest BCUT2D eigenvalue weighted by molar-refractivity contribution is 0.751. The van der Waals surface area contributed by atoms with E-state index < -0.39 is 0 Å². The summed E-state index contributed by atoms with van der Waals surface area (Å²) in [6.45, 7) is 0.824.